The van der Waals surface area contributed by atoms with Gasteiger partial charge in [-0.25, -0.2) is 4.68 Å². The van der Waals surface area contributed by atoms with Gasteiger partial charge in [0.25, 0.3) is 5.91 Å². The van der Waals surface area contributed by atoms with E-state index in [0.29, 0.717) is 35.5 Å². The molecule has 2 aromatic heterocycles. The Labute approximate surface area is 175 Å². The molecule has 0 saturated heterocycles. The number of alkyl halides is 3. The zero-order chi connectivity index (χ0) is 22.0. The number of carbonyl (C=O) groups excluding carboxylic acids is 1. The van der Waals surface area contributed by atoms with Gasteiger partial charge in [-0.1, -0.05) is 17.3 Å². The third-order valence-electron chi connectivity index (χ3n) is 4.92. The zero-order valence-corrected chi connectivity index (χ0v) is 16.5. The van der Waals surface area contributed by atoms with Crippen LogP contribution in [0.3, 0.4) is 0 Å². The third kappa shape index (κ3) is 4.27. The second kappa shape index (κ2) is 8.21. The number of carbonyl (C=O) groups is 1. The fraction of sp³-hybridized carbons (Fsp3) is 0.238. The van der Waals surface area contributed by atoms with Gasteiger partial charge in [-0.3, -0.25) is 9.78 Å². The van der Waals surface area contributed by atoms with E-state index in [2.05, 4.69) is 15.2 Å². The van der Waals surface area contributed by atoms with E-state index < -0.39 is 11.7 Å². The van der Waals surface area contributed by atoms with Gasteiger partial charge >= 0.3 is 6.18 Å². The van der Waals surface area contributed by atoms with Crippen molar-refractivity contribution in [1.29, 1.82) is 0 Å². The van der Waals surface area contributed by atoms with E-state index >= 15 is 0 Å². The molecular formula is C21H18F3N5O2. The predicted molar refractivity (Wildman–Crippen MR) is 106 cm³/mol. The van der Waals surface area contributed by atoms with Crippen LogP contribution < -0.4 is 0 Å². The number of aromatic nitrogens is 3. The van der Waals surface area contributed by atoms with Crippen molar-refractivity contribution in [2.45, 2.75) is 12.6 Å². The molecule has 1 aliphatic rings. The van der Waals surface area contributed by atoms with Crippen LogP contribution in [-0.4, -0.2) is 51.5 Å². The average molecular weight is 429 g/mol. The molecule has 0 unspecified atom stereocenters. The van der Waals surface area contributed by atoms with Crippen molar-refractivity contribution in [3.63, 3.8) is 0 Å². The first kappa shape index (κ1) is 20.6. The van der Waals surface area contributed by atoms with Crippen LogP contribution in [0.15, 0.2) is 60.1 Å². The Balaban J connectivity index is 1.55. The minimum absolute atomic E-state index is 0.0928. The molecule has 3 aromatic rings. The maximum absolute atomic E-state index is 13.0. The summed E-state index contributed by atoms with van der Waals surface area (Å²) in [5, 5.41) is 8.42. The Morgan fingerprint density at radius 1 is 1.23 bits per heavy atom. The first-order chi connectivity index (χ1) is 14.9. The highest BCUT2D eigenvalue weighted by Crippen LogP contribution is 2.29. The fourth-order valence-corrected chi connectivity index (χ4v) is 3.37. The molecule has 0 spiro atoms. The quantitative estimate of drug-likeness (QED) is 0.461. The van der Waals surface area contributed by atoms with Crippen LogP contribution >= 0.6 is 0 Å². The average Bonchev–Trinajstić information content (AvgIpc) is 3.21. The van der Waals surface area contributed by atoms with Gasteiger partial charge in [-0.15, -0.1) is 0 Å². The second-order valence-electron chi connectivity index (χ2n) is 6.92. The first-order valence-electron chi connectivity index (χ1n) is 9.42. The molecule has 0 saturated carbocycles. The van der Waals surface area contributed by atoms with Crippen LogP contribution in [0.1, 0.15) is 27.2 Å². The minimum atomic E-state index is -4.43. The van der Waals surface area contributed by atoms with E-state index in [1.54, 1.807) is 34.2 Å². The lowest BCUT2D eigenvalue weighted by Gasteiger charge is -2.26. The van der Waals surface area contributed by atoms with Crippen LogP contribution in [0, 0.1) is 0 Å². The van der Waals surface area contributed by atoms with Crippen molar-refractivity contribution in [1.82, 2.24) is 19.7 Å². The van der Waals surface area contributed by atoms with Crippen molar-refractivity contribution in [2.75, 3.05) is 20.2 Å². The van der Waals surface area contributed by atoms with E-state index in [0.717, 1.165) is 17.8 Å². The molecule has 1 aliphatic heterocycles. The van der Waals surface area contributed by atoms with Gasteiger partial charge in [-0.2, -0.15) is 18.3 Å². The number of halogens is 3. The van der Waals surface area contributed by atoms with Crippen molar-refractivity contribution >= 4 is 11.6 Å². The van der Waals surface area contributed by atoms with Crippen LogP contribution in [0.25, 0.3) is 5.69 Å². The summed E-state index contributed by atoms with van der Waals surface area (Å²) in [7, 11) is 1.35. The summed E-state index contributed by atoms with van der Waals surface area (Å²) in [5.41, 5.74) is 1.94. The molecule has 0 bridgehead atoms. The highest BCUT2D eigenvalue weighted by molar-refractivity contribution is 6.05. The van der Waals surface area contributed by atoms with Gasteiger partial charge in [0.2, 0.25) is 0 Å². The van der Waals surface area contributed by atoms with Crippen molar-refractivity contribution in [2.24, 2.45) is 5.16 Å². The summed E-state index contributed by atoms with van der Waals surface area (Å²) in [6, 6.07) is 8.22. The Morgan fingerprint density at radius 2 is 2.00 bits per heavy atom. The Bertz CT molecular complexity index is 1110. The summed E-state index contributed by atoms with van der Waals surface area (Å²) < 4.78 is 40.1. The Morgan fingerprint density at radius 3 is 2.65 bits per heavy atom. The van der Waals surface area contributed by atoms with Crippen LogP contribution in [-0.2, 0) is 17.4 Å². The standard InChI is InChI=1S/C21H18F3N5O2/c1-31-27-19(14-4-6-15(7-5-14)21(22,23)24)13-28-10-8-18-17(20(28)30)12-29(26-18)16-3-2-9-25-11-16/h2-7,9,11-12H,8,10,13H2,1H3/b27-19-. The number of amides is 1. The molecule has 31 heavy (non-hydrogen) atoms. The molecule has 0 fully saturated rings. The van der Waals surface area contributed by atoms with E-state index in [4.69, 9.17) is 4.84 Å². The topological polar surface area (TPSA) is 72.6 Å². The molecule has 10 heteroatoms. The van der Waals surface area contributed by atoms with Crippen LogP contribution in [0.5, 0.6) is 0 Å². The van der Waals surface area contributed by atoms with E-state index in [9.17, 15) is 18.0 Å². The normalized spacial score (nSPS) is 14.5. The van der Waals surface area contributed by atoms with Gasteiger partial charge in [0.05, 0.1) is 35.2 Å². The number of oxime groups is 1. The zero-order valence-electron chi connectivity index (χ0n) is 16.5. The molecule has 0 radical (unpaired) electrons. The van der Waals surface area contributed by atoms with Gasteiger partial charge in [-0.05, 0) is 24.3 Å². The Kier molecular flexibility index (Phi) is 5.45. The first-order valence-corrected chi connectivity index (χ1v) is 9.42. The molecule has 3 heterocycles. The number of nitrogens with zero attached hydrogens (tertiary/aromatic N) is 5. The molecule has 0 atom stereocenters. The molecule has 0 aliphatic carbocycles. The lowest BCUT2D eigenvalue weighted by atomic mass is 10.0. The molecular weight excluding hydrogens is 411 g/mol. The third-order valence-corrected chi connectivity index (χ3v) is 4.92. The smallest absolute Gasteiger partial charge is 0.399 e. The SMILES string of the molecule is CO/N=C(/CN1CCc2nn(-c3cccnc3)cc2C1=O)c1ccc(C(F)(F)F)cc1. The van der Waals surface area contributed by atoms with Gasteiger partial charge in [0, 0.05) is 30.9 Å². The maximum atomic E-state index is 13.0. The summed E-state index contributed by atoms with van der Waals surface area (Å²) in [4.78, 5) is 23.5. The summed E-state index contributed by atoms with van der Waals surface area (Å²) in [6.45, 7) is 0.495. The molecule has 4 rings (SSSR count). The number of benzene rings is 1. The molecule has 0 N–H and O–H groups in total. The molecule has 7 nitrogen and oxygen atoms in total. The second-order valence-corrected chi connectivity index (χ2v) is 6.92. The molecule has 1 amide bonds. The lowest BCUT2D eigenvalue weighted by molar-refractivity contribution is -0.137. The summed E-state index contributed by atoms with van der Waals surface area (Å²) in [5.74, 6) is -0.230. The van der Waals surface area contributed by atoms with Crippen LogP contribution in [0.4, 0.5) is 13.2 Å². The van der Waals surface area contributed by atoms with Crippen molar-refractivity contribution in [3.05, 3.63) is 77.4 Å². The lowest BCUT2D eigenvalue weighted by Crippen LogP contribution is -2.40. The number of hydrogen-bond acceptors (Lipinski definition) is 5. The number of fused-ring (bicyclic) bond motifs is 1. The van der Waals surface area contributed by atoms with Crippen molar-refractivity contribution < 1.29 is 22.8 Å². The minimum Gasteiger partial charge on any atom is -0.399 e. The predicted octanol–water partition coefficient (Wildman–Crippen LogP) is 3.34. The number of rotatable bonds is 5. The van der Waals surface area contributed by atoms with Gasteiger partial charge in [0.1, 0.15) is 12.8 Å². The molecule has 1 aromatic carbocycles. The van der Waals surface area contributed by atoms with E-state index in [-0.39, 0.29) is 12.5 Å². The number of pyridine rings is 1. The summed E-state index contributed by atoms with van der Waals surface area (Å²) in [6.07, 6.45) is 1.07. The van der Waals surface area contributed by atoms with E-state index in [1.165, 1.54) is 19.2 Å². The van der Waals surface area contributed by atoms with Crippen molar-refractivity contribution in [3.8, 4) is 5.69 Å². The monoisotopic (exact) mass is 429 g/mol. The maximum Gasteiger partial charge on any atom is 0.416 e. The van der Waals surface area contributed by atoms with Crippen LogP contribution in [0.2, 0.25) is 0 Å². The molecule has 160 valence electrons. The highest BCUT2D eigenvalue weighted by Gasteiger charge is 2.31. The summed E-state index contributed by atoms with van der Waals surface area (Å²) >= 11 is 0. The number of hydrogen-bond donors (Lipinski definition) is 0. The Hall–Kier alpha value is -3.69. The van der Waals surface area contributed by atoms with Gasteiger partial charge in [0.15, 0.2) is 0 Å². The van der Waals surface area contributed by atoms with E-state index in [1.807, 2.05) is 6.07 Å². The van der Waals surface area contributed by atoms with Gasteiger partial charge < -0.3 is 9.74 Å². The largest absolute Gasteiger partial charge is 0.416 e. The fourth-order valence-electron chi connectivity index (χ4n) is 3.37. The highest BCUT2D eigenvalue weighted by atomic mass is 19.4.